The Morgan fingerprint density at radius 3 is 2.57 bits per heavy atom. The lowest BCUT2D eigenvalue weighted by molar-refractivity contribution is 0.0910. The van der Waals surface area contributed by atoms with Gasteiger partial charge in [0.1, 0.15) is 0 Å². The molecule has 1 N–H and O–H groups in total. The van der Waals surface area contributed by atoms with Crippen LogP contribution in [0.1, 0.15) is 36.5 Å². The molecule has 3 heterocycles. The second kappa shape index (κ2) is 6.37. The Hall–Kier alpha value is -1.06. The van der Waals surface area contributed by atoms with Crippen molar-refractivity contribution in [1.29, 1.82) is 0 Å². The number of rotatable bonds is 3. The van der Waals surface area contributed by atoms with Crippen LogP contribution in [-0.2, 0) is 0 Å². The smallest absolute Gasteiger partial charge is 0.251 e. The highest BCUT2D eigenvalue weighted by atomic mass is 35.5. The summed E-state index contributed by atoms with van der Waals surface area (Å²) < 4.78 is 0. The van der Waals surface area contributed by atoms with E-state index in [1.54, 1.807) is 24.3 Å². The monoisotopic (exact) mass is 306 g/mol. The largest absolute Gasteiger partial charge is 0.348 e. The van der Waals surface area contributed by atoms with Crippen molar-refractivity contribution in [1.82, 2.24) is 10.2 Å². The van der Waals surface area contributed by atoms with Gasteiger partial charge in [-0.25, -0.2) is 0 Å². The number of nitrogens with one attached hydrogen (secondary N) is 1. The topological polar surface area (TPSA) is 32.3 Å². The van der Waals surface area contributed by atoms with Crippen molar-refractivity contribution >= 4 is 17.5 Å². The van der Waals surface area contributed by atoms with Gasteiger partial charge in [0.15, 0.2) is 0 Å². The first-order valence-electron chi connectivity index (χ1n) is 7.96. The predicted octanol–water partition coefficient (Wildman–Crippen LogP) is 3.19. The molecule has 3 aliphatic heterocycles. The molecule has 114 valence electrons. The summed E-state index contributed by atoms with van der Waals surface area (Å²) in [5.74, 6) is 1.40. The van der Waals surface area contributed by atoms with Gasteiger partial charge < -0.3 is 10.2 Å². The zero-order valence-electron chi connectivity index (χ0n) is 12.5. The number of nitrogens with zero attached hydrogens (tertiary/aromatic N) is 1. The zero-order chi connectivity index (χ0) is 14.8. The van der Waals surface area contributed by atoms with Gasteiger partial charge in [-0.15, -0.1) is 0 Å². The number of hydrogen-bond acceptors (Lipinski definition) is 2. The van der Waals surface area contributed by atoms with Crippen LogP contribution in [0, 0.1) is 11.8 Å². The van der Waals surface area contributed by atoms with Crippen molar-refractivity contribution in [3.05, 3.63) is 34.9 Å². The van der Waals surface area contributed by atoms with Gasteiger partial charge in [0.05, 0.1) is 0 Å². The Morgan fingerprint density at radius 1 is 1.29 bits per heavy atom. The number of piperidine rings is 1. The minimum atomic E-state index is 0.0256. The van der Waals surface area contributed by atoms with Crippen LogP contribution in [0.3, 0.4) is 0 Å². The summed E-state index contributed by atoms with van der Waals surface area (Å²) in [6.45, 7) is 5.62. The maximum atomic E-state index is 12.5. The SMILES string of the molecule is CCC1C2CCN(CC2)CC1NC(=O)c1ccc(Cl)cc1. The van der Waals surface area contributed by atoms with Gasteiger partial charge in [-0.05, 0) is 62.0 Å². The summed E-state index contributed by atoms with van der Waals surface area (Å²) in [7, 11) is 0. The number of hydrogen-bond donors (Lipinski definition) is 1. The van der Waals surface area contributed by atoms with Gasteiger partial charge in [0.25, 0.3) is 5.91 Å². The Bertz CT molecular complexity index is 494. The first-order valence-corrected chi connectivity index (χ1v) is 8.34. The first-order chi connectivity index (χ1) is 10.2. The standard InChI is InChI=1S/C17H23ClN2O/c1-2-15-12-7-9-20(10-8-12)11-16(15)19-17(21)13-3-5-14(18)6-4-13/h3-6,12,15-16H,2,7-11H2,1H3,(H,19,21). The van der Waals surface area contributed by atoms with Crippen molar-refractivity contribution < 1.29 is 4.79 Å². The number of carbonyl (C=O) groups excluding carboxylic acids is 1. The van der Waals surface area contributed by atoms with Gasteiger partial charge in [-0.2, -0.15) is 0 Å². The summed E-state index contributed by atoms with van der Waals surface area (Å²) in [6.07, 6.45) is 3.71. The minimum Gasteiger partial charge on any atom is -0.348 e. The normalized spacial score (nSPS) is 31.7. The Kier molecular flexibility index (Phi) is 4.51. The van der Waals surface area contributed by atoms with Crippen molar-refractivity contribution in [2.75, 3.05) is 19.6 Å². The third kappa shape index (κ3) is 3.24. The molecule has 4 rings (SSSR count). The van der Waals surface area contributed by atoms with E-state index in [0.29, 0.717) is 16.5 Å². The van der Waals surface area contributed by atoms with Gasteiger partial charge >= 0.3 is 0 Å². The van der Waals surface area contributed by atoms with E-state index in [9.17, 15) is 4.79 Å². The molecule has 1 aromatic rings. The van der Waals surface area contributed by atoms with Crippen LogP contribution in [0.4, 0.5) is 0 Å². The van der Waals surface area contributed by atoms with Crippen LogP contribution in [0.2, 0.25) is 5.02 Å². The highest BCUT2D eigenvalue weighted by Crippen LogP contribution is 2.34. The minimum absolute atomic E-state index is 0.0256. The van der Waals surface area contributed by atoms with Crippen LogP contribution in [0.25, 0.3) is 0 Å². The summed E-state index contributed by atoms with van der Waals surface area (Å²) in [4.78, 5) is 15.0. The van der Waals surface area contributed by atoms with Crippen LogP contribution in [0.15, 0.2) is 24.3 Å². The van der Waals surface area contributed by atoms with Gasteiger partial charge in [0.2, 0.25) is 0 Å². The lowest BCUT2D eigenvalue weighted by Gasteiger charge is -2.30. The summed E-state index contributed by atoms with van der Waals surface area (Å²) in [6, 6.07) is 7.41. The van der Waals surface area contributed by atoms with Crippen LogP contribution < -0.4 is 5.32 Å². The van der Waals surface area contributed by atoms with Crippen LogP contribution in [0.5, 0.6) is 0 Å². The first kappa shape index (κ1) is 14.9. The van der Waals surface area contributed by atoms with E-state index in [0.717, 1.165) is 18.9 Å². The van der Waals surface area contributed by atoms with E-state index in [2.05, 4.69) is 17.1 Å². The molecule has 3 aliphatic rings. The highest BCUT2D eigenvalue weighted by molar-refractivity contribution is 6.30. The number of amides is 1. The highest BCUT2D eigenvalue weighted by Gasteiger charge is 2.37. The summed E-state index contributed by atoms with van der Waals surface area (Å²) >= 11 is 5.88. The van der Waals surface area contributed by atoms with E-state index in [4.69, 9.17) is 11.6 Å². The van der Waals surface area contributed by atoms with E-state index >= 15 is 0 Å². The average Bonchev–Trinajstić information content (AvgIpc) is 2.76. The fourth-order valence-electron chi connectivity index (χ4n) is 3.93. The number of fused-ring (bicyclic) bond motifs is 4. The van der Waals surface area contributed by atoms with Crippen molar-refractivity contribution in [2.24, 2.45) is 11.8 Å². The number of halogens is 1. The lowest BCUT2D eigenvalue weighted by Crippen LogP contribution is -2.45. The quantitative estimate of drug-likeness (QED) is 0.930. The zero-order valence-corrected chi connectivity index (χ0v) is 13.3. The van der Waals surface area contributed by atoms with Crippen molar-refractivity contribution in [3.8, 4) is 0 Å². The van der Waals surface area contributed by atoms with E-state index < -0.39 is 0 Å². The Morgan fingerprint density at radius 2 is 1.95 bits per heavy atom. The second-order valence-corrected chi connectivity index (χ2v) is 6.73. The molecule has 3 nitrogen and oxygen atoms in total. The fraction of sp³-hybridized carbons (Fsp3) is 0.588. The van der Waals surface area contributed by atoms with E-state index in [1.165, 1.54) is 25.9 Å². The maximum Gasteiger partial charge on any atom is 0.251 e. The molecule has 2 bridgehead atoms. The molecular formula is C17H23ClN2O. The molecule has 0 aliphatic carbocycles. The summed E-state index contributed by atoms with van der Waals surface area (Å²) in [5, 5.41) is 3.94. The second-order valence-electron chi connectivity index (χ2n) is 6.30. The molecule has 0 spiro atoms. The van der Waals surface area contributed by atoms with Crippen molar-refractivity contribution in [3.63, 3.8) is 0 Å². The van der Waals surface area contributed by atoms with E-state index in [1.807, 2.05) is 0 Å². The molecule has 1 aromatic carbocycles. The van der Waals surface area contributed by atoms with Crippen molar-refractivity contribution in [2.45, 2.75) is 32.2 Å². The molecule has 21 heavy (non-hydrogen) atoms. The molecule has 0 aromatic heterocycles. The van der Waals surface area contributed by atoms with Gasteiger partial charge in [0, 0.05) is 23.2 Å². The summed E-state index contributed by atoms with van der Waals surface area (Å²) in [5.41, 5.74) is 0.695. The Labute approximate surface area is 131 Å². The molecular weight excluding hydrogens is 284 g/mol. The van der Waals surface area contributed by atoms with Gasteiger partial charge in [-0.1, -0.05) is 24.9 Å². The third-order valence-electron chi connectivity index (χ3n) is 5.10. The molecule has 4 heteroatoms. The predicted molar refractivity (Wildman–Crippen MR) is 85.7 cm³/mol. The maximum absolute atomic E-state index is 12.5. The fourth-order valence-corrected chi connectivity index (χ4v) is 4.06. The lowest BCUT2D eigenvalue weighted by atomic mass is 9.81. The molecule has 3 fully saturated rings. The molecule has 0 saturated carbocycles. The third-order valence-corrected chi connectivity index (χ3v) is 5.36. The molecule has 1 amide bonds. The molecule has 2 unspecified atom stereocenters. The van der Waals surface area contributed by atoms with Crippen LogP contribution >= 0.6 is 11.6 Å². The van der Waals surface area contributed by atoms with E-state index in [-0.39, 0.29) is 11.9 Å². The average molecular weight is 307 g/mol. The molecule has 3 saturated heterocycles. The Balaban J connectivity index is 1.73. The van der Waals surface area contributed by atoms with Crippen LogP contribution in [-0.4, -0.2) is 36.5 Å². The number of carbonyl (C=O) groups is 1. The van der Waals surface area contributed by atoms with Gasteiger partial charge in [-0.3, -0.25) is 4.79 Å². The molecule has 2 atom stereocenters. The number of benzene rings is 1. The molecule has 0 radical (unpaired) electrons.